The molecule has 0 amide bonds. The molecule has 1 fully saturated rings. The fraction of sp³-hybridized carbons (Fsp3) is 0.533. The molecule has 22 heavy (non-hydrogen) atoms. The predicted molar refractivity (Wildman–Crippen MR) is 89.3 cm³/mol. The highest BCUT2D eigenvalue weighted by Crippen LogP contribution is 2.18. The van der Waals surface area contributed by atoms with Crippen molar-refractivity contribution in [3.63, 3.8) is 0 Å². The molecule has 1 saturated heterocycles. The highest BCUT2D eigenvalue weighted by molar-refractivity contribution is 7.88. The Bertz CT molecular complexity index is 622. The lowest BCUT2D eigenvalue weighted by Gasteiger charge is -2.27. The molecule has 2 rings (SSSR count). The molecule has 0 saturated carbocycles. The Kier molecular flexibility index (Phi) is 7.30. The van der Waals surface area contributed by atoms with Crippen LogP contribution in [0.1, 0.15) is 30.9 Å². The van der Waals surface area contributed by atoms with Gasteiger partial charge < -0.3 is 5.32 Å². The average Bonchev–Trinajstić information content (AvgIpc) is 2.98. The summed E-state index contributed by atoms with van der Waals surface area (Å²) in [7, 11) is -3.36. The molecule has 1 atom stereocenters. The van der Waals surface area contributed by atoms with Gasteiger partial charge in [0.15, 0.2) is 0 Å². The number of benzene rings is 1. The first-order valence-electron chi connectivity index (χ1n) is 7.26. The summed E-state index contributed by atoms with van der Waals surface area (Å²) in [6.45, 7) is 4.12. The molecular weight excluding hydrogens is 322 g/mol. The summed E-state index contributed by atoms with van der Waals surface area (Å²) in [5, 5.41) is 12.1. The van der Waals surface area contributed by atoms with Crippen LogP contribution in [0.3, 0.4) is 0 Å². The second kappa shape index (κ2) is 8.49. The number of hydrogen-bond acceptors (Lipinski definition) is 4. The summed E-state index contributed by atoms with van der Waals surface area (Å²) in [5.41, 5.74) is 1.16. The predicted octanol–water partition coefficient (Wildman–Crippen LogP) is 1.88. The Morgan fingerprint density at radius 1 is 1.45 bits per heavy atom. The van der Waals surface area contributed by atoms with Crippen LogP contribution in [0.5, 0.6) is 0 Å². The average molecular weight is 344 g/mol. The van der Waals surface area contributed by atoms with Crippen molar-refractivity contribution in [2.75, 3.05) is 19.6 Å². The zero-order valence-electron chi connectivity index (χ0n) is 12.7. The van der Waals surface area contributed by atoms with E-state index < -0.39 is 10.0 Å². The molecule has 1 heterocycles. The van der Waals surface area contributed by atoms with Crippen LogP contribution < -0.4 is 5.32 Å². The van der Waals surface area contributed by atoms with E-state index in [0.717, 1.165) is 25.9 Å². The number of nitrogens with one attached hydrogen (secondary N) is 1. The SMILES string of the molecule is CCCN(C1CCNC1)S(=O)(=O)Cc1cccc(C#N)c1.Cl. The topological polar surface area (TPSA) is 73.2 Å². The first-order valence-corrected chi connectivity index (χ1v) is 8.87. The van der Waals surface area contributed by atoms with E-state index in [4.69, 9.17) is 5.26 Å². The van der Waals surface area contributed by atoms with E-state index in [2.05, 4.69) is 5.32 Å². The largest absolute Gasteiger partial charge is 0.315 e. The van der Waals surface area contributed by atoms with E-state index in [-0.39, 0.29) is 24.2 Å². The van der Waals surface area contributed by atoms with Crippen LogP contribution in [0.2, 0.25) is 0 Å². The van der Waals surface area contributed by atoms with Crippen LogP contribution in [-0.4, -0.2) is 38.4 Å². The molecule has 1 aliphatic heterocycles. The van der Waals surface area contributed by atoms with Crippen LogP contribution >= 0.6 is 12.4 Å². The number of rotatable bonds is 6. The van der Waals surface area contributed by atoms with Crippen LogP contribution in [0.25, 0.3) is 0 Å². The van der Waals surface area contributed by atoms with Gasteiger partial charge in [-0.2, -0.15) is 9.57 Å². The minimum atomic E-state index is -3.36. The summed E-state index contributed by atoms with van der Waals surface area (Å²) < 4.78 is 27.0. The van der Waals surface area contributed by atoms with E-state index in [1.165, 1.54) is 0 Å². The quantitative estimate of drug-likeness (QED) is 0.856. The number of nitriles is 1. The summed E-state index contributed by atoms with van der Waals surface area (Å²) in [5.74, 6) is -0.0426. The summed E-state index contributed by atoms with van der Waals surface area (Å²) in [4.78, 5) is 0. The molecule has 1 unspecified atom stereocenters. The summed E-state index contributed by atoms with van der Waals surface area (Å²) in [6, 6.07) is 8.91. The Balaban J connectivity index is 0.00000242. The standard InChI is InChI=1S/C15H21N3O2S.ClH/c1-2-8-18(15-6-7-17-11-15)21(19,20)12-14-5-3-4-13(9-14)10-16;/h3-5,9,15,17H,2,6-8,11-12H2,1H3;1H. The fourth-order valence-corrected chi connectivity index (χ4v) is 4.54. The van der Waals surface area contributed by atoms with E-state index >= 15 is 0 Å². The minimum Gasteiger partial charge on any atom is -0.315 e. The van der Waals surface area contributed by atoms with Crippen molar-refractivity contribution in [3.8, 4) is 6.07 Å². The van der Waals surface area contributed by atoms with Crippen LogP contribution in [0, 0.1) is 11.3 Å². The third-order valence-corrected chi connectivity index (χ3v) is 5.54. The zero-order chi connectivity index (χ0) is 15.3. The molecule has 1 aromatic rings. The van der Waals surface area contributed by atoms with Gasteiger partial charge in [0.25, 0.3) is 0 Å². The number of sulfonamides is 1. The van der Waals surface area contributed by atoms with Gasteiger partial charge in [-0.25, -0.2) is 8.42 Å². The van der Waals surface area contributed by atoms with Gasteiger partial charge in [-0.15, -0.1) is 12.4 Å². The van der Waals surface area contributed by atoms with Gasteiger partial charge in [-0.05, 0) is 37.1 Å². The van der Waals surface area contributed by atoms with Gasteiger partial charge in [-0.1, -0.05) is 19.1 Å². The van der Waals surface area contributed by atoms with Gasteiger partial charge in [0.1, 0.15) is 0 Å². The van der Waals surface area contributed by atoms with Crippen molar-refractivity contribution < 1.29 is 8.42 Å². The number of hydrogen-bond donors (Lipinski definition) is 1. The Hall–Kier alpha value is -1.13. The van der Waals surface area contributed by atoms with Crippen LogP contribution in [0.15, 0.2) is 24.3 Å². The Morgan fingerprint density at radius 3 is 2.82 bits per heavy atom. The normalized spacial score (nSPS) is 18.0. The molecule has 0 aromatic heterocycles. The lowest BCUT2D eigenvalue weighted by Crippen LogP contribution is -2.42. The van der Waals surface area contributed by atoms with Crippen molar-refractivity contribution >= 4 is 22.4 Å². The fourth-order valence-electron chi connectivity index (χ4n) is 2.68. The van der Waals surface area contributed by atoms with Crippen LogP contribution in [-0.2, 0) is 15.8 Å². The highest BCUT2D eigenvalue weighted by atomic mass is 35.5. The number of halogens is 1. The van der Waals surface area contributed by atoms with E-state index in [1.807, 2.05) is 13.0 Å². The second-order valence-electron chi connectivity index (χ2n) is 5.33. The van der Waals surface area contributed by atoms with Crippen molar-refractivity contribution in [3.05, 3.63) is 35.4 Å². The highest BCUT2D eigenvalue weighted by Gasteiger charge is 2.31. The molecule has 0 bridgehead atoms. The van der Waals surface area contributed by atoms with Gasteiger partial charge >= 0.3 is 0 Å². The van der Waals surface area contributed by atoms with Crippen LogP contribution in [0.4, 0.5) is 0 Å². The lowest BCUT2D eigenvalue weighted by atomic mass is 10.2. The monoisotopic (exact) mass is 343 g/mol. The zero-order valence-corrected chi connectivity index (χ0v) is 14.3. The molecular formula is C15H22ClN3O2S. The lowest BCUT2D eigenvalue weighted by molar-refractivity contribution is 0.334. The first-order chi connectivity index (χ1) is 10.1. The van der Waals surface area contributed by atoms with Gasteiger partial charge in [0.05, 0.1) is 17.4 Å². The van der Waals surface area contributed by atoms with Crippen molar-refractivity contribution in [2.45, 2.75) is 31.6 Å². The van der Waals surface area contributed by atoms with E-state index in [9.17, 15) is 8.42 Å². The molecule has 0 radical (unpaired) electrons. The summed E-state index contributed by atoms with van der Waals surface area (Å²) in [6.07, 6.45) is 1.66. The summed E-state index contributed by atoms with van der Waals surface area (Å²) >= 11 is 0. The maximum Gasteiger partial charge on any atom is 0.218 e. The maximum absolute atomic E-state index is 12.7. The Morgan fingerprint density at radius 2 is 2.23 bits per heavy atom. The second-order valence-corrected chi connectivity index (χ2v) is 7.25. The van der Waals surface area contributed by atoms with Crippen molar-refractivity contribution in [1.82, 2.24) is 9.62 Å². The smallest absolute Gasteiger partial charge is 0.218 e. The van der Waals surface area contributed by atoms with Gasteiger partial charge in [0, 0.05) is 19.1 Å². The third kappa shape index (κ3) is 4.68. The van der Waals surface area contributed by atoms with E-state index in [1.54, 1.807) is 28.6 Å². The molecule has 5 nitrogen and oxygen atoms in total. The minimum absolute atomic E-state index is 0. The molecule has 0 spiro atoms. The van der Waals surface area contributed by atoms with Gasteiger partial charge in [0.2, 0.25) is 10.0 Å². The van der Waals surface area contributed by atoms with Crippen molar-refractivity contribution in [2.24, 2.45) is 0 Å². The van der Waals surface area contributed by atoms with Gasteiger partial charge in [-0.3, -0.25) is 0 Å². The molecule has 0 aliphatic carbocycles. The molecule has 122 valence electrons. The molecule has 1 aliphatic rings. The Labute approximate surface area is 138 Å². The van der Waals surface area contributed by atoms with Crippen molar-refractivity contribution in [1.29, 1.82) is 5.26 Å². The molecule has 1 aromatic carbocycles. The third-order valence-electron chi connectivity index (χ3n) is 3.65. The molecule has 7 heteroatoms. The number of nitrogens with zero attached hydrogens (tertiary/aromatic N) is 2. The maximum atomic E-state index is 12.7. The molecule has 1 N–H and O–H groups in total. The first kappa shape index (κ1) is 18.9. The van der Waals surface area contributed by atoms with E-state index in [0.29, 0.717) is 17.7 Å².